The minimum absolute atomic E-state index is 0.200. The van der Waals surface area contributed by atoms with E-state index in [0.717, 1.165) is 75.4 Å². The number of allylic oxidation sites excluding steroid dienone is 1. The summed E-state index contributed by atoms with van der Waals surface area (Å²) in [6, 6.07) is 0. The molecule has 172 valence electrons. The molecule has 0 aromatic carbocycles. The average molecular weight is 418 g/mol. The van der Waals surface area contributed by atoms with Crippen molar-refractivity contribution in [1.29, 1.82) is 0 Å². The molecule has 4 unspecified atom stereocenters. The van der Waals surface area contributed by atoms with E-state index in [1.165, 1.54) is 11.1 Å². The molecule has 0 saturated carbocycles. The number of hydrogen-bond donors (Lipinski definition) is 2. The Morgan fingerprint density at radius 3 is 2.63 bits per heavy atom. The summed E-state index contributed by atoms with van der Waals surface area (Å²) in [5, 5.41) is 21.2. The van der Waals surface area contributed by atoms with Crippen molar-refractivity contribution in [3.63, 3.8) is 0 Å². The number of aliphatic hydroxyl groups excluding tert-OH is 1. The second kappa shape index (κ2) is 10.1. The monoisotopic (exact) mass is 417 g/mol. The van der Waals surface area contributed by atoms with Crippen LogP contribution in [0.5, 0.6) is 0 Å². The van der Waals surface area contributed by atoms with Crippen molar-refractivity contribution in [1.82, 2.24) is 0 Å². The lowest BCUT2D eigenvalue weighted by Crippen LogP contribution is -2.51. The highest BCUT2D eigenvalue weighted by Crippen LogP contribution is 2.51. The number of rotatable bonds is 11. The summed E-state index contributed by atoms with van der Waals surface area (Å²) in [4.78, 5) is 0. The topological polar surface area (TPSA) is 49.7 Å². The zero-order valence-electron chi connectivity index (χ0n) is 20.3. The van der Waals surface area contributed by atoms with Gasteiger partial charge in [0.1, 0.15) is 5.60 Å². The van der Waals surface area contributed by atoms with Gasteiger partial charge in [-0.3, -0.25) is 0 Å². The van der Waals surface area contributed by atoms with Crippen LogP contribution in [0.2, 0.25) is 0 Å². The molecule has 1 saturated heterocycles. The quantitative estimate of drug-likeness (QED) is 0.294. The Kier molecular flexibility index (Phi) is 8.46. The molecule has 0 bridgehead atoms. The molecule has 3 nitrogen and oxygen atoms in total. The lowest BCUT2D eigenvalue weighted by atomic mass is 9.69. The Balaban J connectivity index is 2.06. The average Bonchev–Trinajstić information content (AvgIpc) is 2.65. The molecule has 0 aromatic heterocycles. The van der Waals surface area contributed by atoms with Crippen LogP contribution >= 0.6 is 0 Å². The van der Waals surface area contributed by atoms with E-state index >= 15 is 0 Å². The first-order valence-corrected chi connectivity index (χ1v) is 11.9. The molecule has 0 amide bonds. The molecular formula is C27H45O3-. The van der Waals surface area contributed by atoms with Gasteiger partial charge in [-0.15, -0.1) is 0 Å². The van der Waals surface area contributed by atoms with Crippen molar-refractivity contribution < 1.29 is 14.9 Å². The Bertz CT molecular complexity index is 672. The van der Waals surface area contributed by atoms with Crippen molar-refractivity contribution in [3.8, 4) is 0 Å². The SMILES string of the molecule is C=C(C)[CH-]CCC(C)(O)CCCC1(C)CCC2=CC(O)C(C)=C(C)C2(CCCC)O1. The molecule has 4 atom stereocenters. The number of ether oxygens (including phenoxy) is 1. The van der Waals surface area contributed by atoms with Crippen molar-refractivity contribution >= 4 is 0 Å². The molecule has 1 fully saturated rings. The van der Waals surface area contributed by atoms with Gasteiger partial charge in [0.2, 0.25) is 0 Å². The van der Waals surface area contributed by atoms with Gasteiger partial charge in [-0.1, -0.05) is 33.1 Å². The van der Waals surface area contributed by atoms with Gasteiger partial charge in [-0.2, -0.15) is 0 Å². The van der Waals surface area contributed by atoms with Gasteiger partial charge < -0.3 is 14.9 Å². The van der Waals surface area contributed by atoms with Crippen molar-refractivity contribution in [2.45, 2.75) is 129 Å². The van der Waals surface area contributed by atoms with Crippen LogP contribution in [-0.4, -0.2) is 33.1 Å². The zero-order valence-corrected chi connectivity index (χ0v) is 20.3. The van der Waals surface area contributed by atoms with Crippen LogP contribution in [0.25, 0.3) is 0 Å². The molecule has 0 radical (unpaired) electrons. The molecular weight excluding hydrogens is 372 g/mol. The highest BCUT2D eigenvalue weighted by Gasteiger charge is 2.49. The summed E-state index contributed by atoms with van der Waals surface area (Å²) in [5.74, 6) is 0. The summed E-state index contributed by atoms with van der Waals surface area (Å²) < 4.78 is 6.99. The Labute approximate surface area is 185 Å². The third-order valence-corrected chi connectivity index (χ3v) is 7.34. The Hall–Kier alpha value is -1.03. The fourth-order valence-electron chi connectivity index (χ4n) is 5.13. The molecule has 2 rings (SSSR count). The summed E-state index contributed by atoms with van der Waals surface area (Å²) in [7, 11) is 0. The number of hydrogen-bond acceptors (Lipinski definition) is 3. The molecule has 1 aliphatic heterocycles. The Morgan fingerprint density at radius 2 is 2.00 bits per heavy atom. The van der Waals surface area contributed by atoms with Crippen LogP contribution in [0, 0.1) is 6.42 Å². The number of aliphatic hydroxyl groups is 2. The van der Waals surface area contributed by atoms with Crippen LogP contribution in [-0.2, 0) is 4.74 Å². The molecule has 3 heteroatoms. The summed E-state index contributed by atoms with van der Waals surface area (Å²) in [6.45, 7) is 16.5. The van der Waals surface area contributed by atoms with E-state index in [0.29, 0.717) is 0 Å². The van der Waals surface area contributed by atoms with Crippen molar-refractivity contribution in [2.24, 2.45) is 0 Å². The lowest BCUT2D eigenvalue weighted by Gasteiger charge is -2.52. The summed E-state index contributed by atoms with van der Waals surface area (Å²) >= 11 is 0. The fourth-order valence-corrected chi connectivity index (χ4v) is 5.13. The highest BCUT2D eigenvalue weighted by atomic mass is 16.5. The predicted molar refractivity (Wildman–Crippen MR) is 126 cm³/mol. The van der Waals surface area contributed by atoms with Gasteiger partial charge >= 0.3 is 0 Å². The van der Waals surface area contributed by atoms with Gasteiger partial charge in [0, 0.05) is 0 Å². The molecule has 2 aliphatic rings. The van der Waals surface area contributed by atoms with Gasteiger partial charge in [0.05, 0.1) is 17.3 Å². The van der Waals surface area contributed by atoms with Crippen LogP contribution in [0.3, 0.4) is 0 Å². The molecule has 1 heterocycles. The Morgan fingerprint density at radius 1 is 1.30 bits per heavy atom. The van der Waals surface area contributed by atoms with Gasteiger partial charge in [0.15, 0.2) is 0 Å². The van der Waals surface area contributed by atoms with Gasteiger partial charge in [-0.05, 0) is 95.4 Å². The predicted octanol–water partition coefficient (Wildman–Crippen LogP) is 6.60. The minimum Gasteiger partial charge on any atom is -0.390 e. The lowest BCUT2D eigenvalue weighted by molar-refractivity contribution is -0.147. The van der Waals surface area contributed by atoms with E-state index in [2.05, 4.69) is 33.8 Å². The van der Waals surface area contributed by atoms with E-state index in [-0.39, 0.29) is 11.2 Å². The van der Waals surface area contributed by atoms with Crippen LogP contribution < -0.4 is 0 Å². The minimum atomic E-state index is -0.650. The smallest absolute Gasteiger partial charge is 0.111 e. The zero-order chi connectivity index (χ0) is 22.6. The first-order chi connectivity index (χ1) is 13.9. The van der Waals surface area contributed by atoms with Gasteiger partial charge in [0.25, 0.3) is 0 Å². The largest absolute Gasteiger partial charge is 0.390 e. The van der Waals surface area contributed by atoms with E-state index < -0.39 is 11.7 Å². The van der Waals surface area contributed by atoms with E-state index in [9.17, 15) is 10.2 Å². The maximum Gasteiger partial charge on any atom is 0.111 e. The molecule has 30 heavy (non-hydrogen) atoms. The first kappa shape index (κ1) is 25.2. The van der Waals surface area contributed by atoms with Crippen LogP contribution in [0.4, 0.5) is 0 Å². The second-order valence-electron chi connectivity index (χ2n) is 10.4. The van der Waals surface area contributed by atoms with E-state index in [1.54, 1.807) is 0 Å². The van der Waals surface area contributed by atoms with Crippen LogP contribution in [0.1, 0.15) is 106 Å². The second-order valence-corrected chi connectivity index (χ2v) is 10.4. The maximum atomic E-state index is 10.8. The maximum absolute atomic E-state index is 10.8. The third-order valence-electron chi connectivity index (χ3n) is 7.34. The van der Waals surface area contributed by atoms with E-state index in [4.69, 9.17) is 4.74 Å². The van der Waals surface area contributed by atoms with Crippen molar-refractivity contribution in [3.05, 3.63) is 41.4 Å². The number of unbranched alkanes of at least 4 members (excludes halogenated alkanes) is 1. The number of fused-ring (bicyclic) bond motifs is 1. The summed E-state index contributed by atoms with van der Waals surface area (Å²) in [6.07, 6.45) is 13.2. The third kappa shape index (κ3) is 6.02. The molecule has 1 aliphatic carbocycles. The first-order valence-electron chi connectivity index (χ1n) is 11.9. The molecule has 2 N–H and O–H groups in total. The normalized spacial score (nSPS) is 31.1. The highest BCUT2D eigenvalue weighted by molar-refractivity contribution is 5.44. The fraction of sp³-hybridized carbons (Fsp3) is 0.741. The standard InChI is InChI=1S/C27H45O3/c1-8-9-17-27-22(5)21(4)24(28)19-23(27)13-18-26(7,30-27)16-11-15-25(6,29)14-10-12-20(2)3/h12,19,24,28-29H,2,8-11,13-18H2,1,3-7H3/q-1. The van der Waals surface area contributed by atoms with E-state index in [1.807, 2.05) is 26.8 Å². The molecule has 0 aromatic rings. The molecule has 0 spiro atoms. The van der Waals surface area contributed by atoms with Gasteiger partial charge in [-0.25, -0.2) is 18.6 Å². The summed E-state index contributed by atoms with van der Waals surface area (Å²) in [5.41, 5.74) is 3.37. The van der Waals surface area contributed by atoms with Crippen LogP contribution in [0.15, 0.2) is 34.9 Å². The van der Waals surface area contributed by atoms with Crippen molar-refractivity contribution in [2.75, 3.05) is 0 Å².